The standard InChI is InChI=1S/C16H15ClN2OS/c1-11-4-2-5-12(10-11)19-14(6-3-8-17)18-13-7-9-21-15(13)16(19)20/h2,4-5,7,9-10H,3,6,8H2,1H3. The largest absolute Gasteiger partial charge is 0.276 e. The van der Waals surface area contributed by atoms with Gasteiger partial charge in [0.05, 0.1) is 11.2 Å². The number of hydrogen-bond acceptors (Lipinski definition) is 3. The van der Waals surface area contributed by atoms with Crippen LogP contribution in [0.5, 0.6) is 0 Å². The molecule has 0 unspecified atom stereocenters. The number of fused-ring (bicyclic) bond motifs is 1. The fraction of sp³-hybridized carbons (Fsp3) is 0.250. The summed E-state index contributed by atoms with van der Waals surface area (Å²) in [5.74, 6) is 1.34. The van der Waals surface area contributed by atoms with Crippen molar-refractivity contribution in [3.05, 3.63) is 57.5 Å². The Morgan fingerprint density at radius 3 is 2.95 bits per heavy atom. The van der Waals surface area contributed by atoms with Gasteiger partial charge in [-0.3, -0.25) is 9.36 Å². The van der Waals surface area contributed by atoms with Gasteiger partial charge >= 0.3 is 0 Å². The molecule has 0 saturated carbocycles. The van der Waals surface area contributed by atoms with Crippen LogP contribution >= 0.6 is 22.9 Å². The minimum absolute atomic E-state index is 0.00479. The maximum absolute atomic E-state index is 12.8. The van der Waals surface area contributed by atoms with Crippen molar-refractivity contribution in [2.45, 2.75) is 19.8 Å². The van der Waals surface area contributed by atoms with E-state index in [0.717, 1.165) is 29.0 Å². The highest BCUT2D eigenvalue weighted by molar-refractivity contribution is 7.17. The van der Waals surface area contributed by atoms with Gasteiger partial charge in [-0.25, -0.2) is 4.98 Å². The highest BCUT2D eigenvalue weighted by atomic mass is 35.5. The maximum Gasteiger partial charge on any atom is 0.276 e. The van der Waals surface area contributed by atoms with Crippen molar-refractivity contribution in [3.8, 4) is 5.69 Å². The Morgan fingerprint density at radius 1 is 1.33 bits per heavy atom. The molecule has 0 aliphatic carbocycles. The van der Waals surface area contributed by atoms with E-state index >= 15 is 0 Å². The number of hydrogen-bond donors (Lipinski definition) is 0. The van der Waals surface area contributed by atoms with Crippen molar-refractivity contribution < 1.29 is 0 Å². The molecule has 0 saturated heterocycles. The zero-order valence-corrected chi connectivity index (χ0v) is 13.2. The summed E-state index contributed by atoms with van der Waals surface area (Å²) < 4.78 is 2.42. The molecule has 0 amide bonds. The average molecular weight is 319 g/mol. The van der Waals surface area contributed by atoms with E-state index in [0.29, 0.717) is 17.0 Å². The summed E-state index contributed by atoms with van der Waals surface area (Å²) in [5, 5.41) is 1.91. The van der Waals surface area contributed by atoms with Crippen molar-refractivity contribution in [3.63, 3.8) is 0 Å². The molecular formula is C16H15ClN2OS. The highest BCUT2D eigenvalue weighted by Gasteiger charge is 2.13. The molecule has 0 radical (unpaired) electrons. The van der Waals surface area contributed by atoms with Crippen LogP contribution in [0, 0.1) is 6.92 Å². The van der Waals surface area contributed by atoms with Gasteiger partial charge in [0.2, 0.25) is 0 Å². The SMILES string of the molecule is Cc1cccc(-n2c(CCCCl)nc3ccsc3c2=O)c1. The summed E-state index contributed by atoms with van der Waals surface area (Å²) in [4.78, 5) is 17.4. The van der Waals surface area contributed by atoms with Gasteiger partial charge in [-0.2, -0.15) is 0 Å². The van der Waals surface area contributed by atoms with Crippen LogP contribution in [-0.4, -0.2) is 15.4 Å². The number of aromatic nitrogens is 2. The Bertz CT molecular complexity index is 838. The van der Waals surface area contributed by atoms with Crippen LogP contribution in [0.2, 0.25) is 0 Å². The van der Waals surface area contributed by atoms with Crippen molar-refractivity contribution in [1.29, 1.82) is 0 Å². The smallest absolute Gasteiger partial charge is 0.267 e. The van der Waals surface area contributed by atoms with E-state index in [2.05, 4.69) is 4.98 Å². The minimum atomic E-state index is 0.00479. The molecule has 0 aliphatic rings. The summed E-state index contributed by atoms with van der Waals surface area (Å²) in [7, 11) is 0. The third-order valence-electron chi connectivity index (χ3n) is 3.34. The topological polar surface area (TPSA) is 34.9 Å². The van der Waals surface area contributed by atoms with Crippen LogP contribution in [0.3, 0.4) is 0 Å². The predicted octanol–water partition coefficient (Wildman–Crippen LogP) is 3.93. The van der Waals surface area contributed by atoms with Gasteiger partial charge in [-0.05, 0) is 42.5 Å². The molecule has 0 spiro atoms. The van der Waals surface area contributed by atoms with Gasteiger partial charge in [0.15, 0.2) is 0 Å². The monoisotopic (exact) mass is 318 g/mol. The molecule has 1 aromatic carbocycles. The number of thiophene rings is 1. The van der Waals surface area contributed by atoms with E-state index in [-0.39, 0.29) is 5.56 Å². The second-order valence-electron chi connectivity index (χ2n) is 4.94. The molecule has 0 N–H and O–H groups in total. The maximum atomic E-state index is 12.8. The molecular weight excluding hydrogens is 304 g/mol. The summed E-state index contributed by atoms with van der Waals surface area (Å²) in [6.07, 6.45) is 1.49. The first-order chi connectivity index (χ1) is 10.2. The number of benzene rings is 1. The zero-order valence-electron chi connectivity index (χ0n) is 11.7. The number of rotatable bonds is 4. The summed E-state index contributed by atoms with van der Waals surface area (Å²) in [6, 6.07) is 9.82. The zero-order chi connectivity index (χ0) is 14.8. The van der Waals surface area contributed by atoms with Crippen molar-refractivity contribution >= 4 is 33.2 Å². The lowest BCUT2D eigenvalue weighted by Gasteiger charge is -2.12. The van der Waals surface area contributed by atoms with Gasteiger partial charge in [0.1, 0.15) is 10.5 Å². The molecule has 21 heavy (non-hydrogen) atoms. The van der Waals surface area contributed by atoms with E-state index in [4.69, 9.17) is 11.6 Å². The van der Waals surface area contributed by atoms with E-state index in [1.165, 1.54) is 11.3 Å². The Balaban J connectivity index is 2.27. The Kier molecular flexibility index (Phi) is 4.08. The van der Waals surface area contributed by atoms with Crippen LogP contribution in [0.4, 0.5) is 0 Å². The Hall–Kier alpha value is -1.65. The predicted molar refractivity (Wildman–Crippen MR) is 89.0 cm³/mol. The molecule has 5 heteroatoms. The summed E-state index contributed by atoms with van der Waals surface area (Å²) >= 11 is 7.24. The third kappa shape index (κ3) is 2.74. The second kappa shape index (κ2) is 6.00. The number of aryl methyl sites for hydroxylation is 2. The summed E-state index contributed by atoms with van der Waals surface area (Å²) in [6.45, 7) is 2.02. The molecule has 0 aliphatic heterocycles. The van der Waals surface area contributed by atoms with Crippen LogP contribution in [0.1, 0.15) is 17.8 Å². The van der Waals surface area contributed by atoms with E-state index in [1.807, 2.05) is 42.6 Å². The lowest BCUT2D eigenvalue weighted by Crippen LogP contribution is -2.23. The fourth-order valence-electron chi connectivity index (χ4n) is 2.38. The first-order valence-electron chi connectivity index (χ1n) is 6.83. The minimum Gasteiger partial charge on any atom is -0.267 e. The fourth-order valence-corrected chi connectivity index (χ4v) is 3.28. The summed E-state index contributed by atoms with van der Waals surface area (Å²) in [5.41, 5.74) is 2.77. The molecule has 3 rings (SSSR count). The quantitative estimate of drug-likeness (QED) is 0.683. The van der Waals surface area contributed by atoms with Gasteiger partial charge < -0.3 is 0 Å². The van der Waals surface area contributed by atoms with E-state index in [1.54, 1.807) is 4.57 Å². The van der Waals surface area contributed by atoms with Crippen LogP contribution in [0.15, 0.2) is 40.5 Å². The lowest BCUT2D eigenvalue weighted by molar-refractivity contribution is 0.778. The van der Waals surface area contributed by atoms with Gasteiger partial charge in [0.25, 0.3) is 5.56 Å². The van der Waals surface area contributed by atoms with Crippen LogP contribution in [0.25, 0.3) is 15.9 Å². The molecule has 0 bridgehead atoms. The van der Waals surface area contributed by atoms with Crippen molar-refractivity contribution in [1.82, 2.24) is 9.55 Å². The van der Waals surface area contributed by atoms with Crippen LogP contribution < -0.4 is 5.56 Å². The Morgan fingerprint density at radius 2 is 2.19 bits per heavy atom. The Labute approximate surface area is 131 Å². The second-order valence-corrected chi connectivity index (χ2v) is 6.23. The van der Waals surface area contributed by atoms with E-state index < -0.39 is 0 Å². The number of halogens is 1. The molecule has 0 fully saturated rings. The van der Waals surface area contributed by atoms with Crippen molar-refractivity contribution in [2.24, 2.45) is 0 Å². The van der Waals surface area contributed by atoms with Crippen LogP contribution in [-0.2, 0) is 6.42 Å². The molecule has 3 aromatic rings. The van der Waals surface area contributed by atoms with Gasteiger partial charge in [-0.1, -0.05) is 12.1 Å². The third-order valence-corrected chi connectivity index (χ3v) is 4.50. The van der Waals surface area contributed by atoms with Gasteiger partial charge in [0, 0.05) is 12.3 Å². The highest BCUT2D eigenvalue weighted by Crippen LogP contribution is 2.19. The first-order valence-corrected chi connectivity index (χ1v) is 8.24. The number of nitrogens with zero attached hydrogens (tertiary/aromatic N) is 2. The lowest BCUT2D eigenvalue weighted by atomic mass is 10.2. The molecule has 108 valence electrons. The first kappa shape index (κ1) is 14.3. The molecule has 2 heterocycles. The van der Waals surface area contributed by atoms with Crippen molar-refractivity contribution in [2.75, 3.05) is 5.88 Å². The normalized spacial score (nSPS) is 11.1. The number of alkyl halides is 1. The van der Waals surface area contributed by atoms with E-state index in [9.17, 15) is 4.79 Å². The molecule has 0 atom stereocenters. The average Bonchev–Trinajstić information content (AvgIpc) is 2.94. The molecule has 2 aromatic heterocycles. The van der Waals surface area contributed by atoms with Gasteiger partial charge in [-0.15, -0.1) is 22.9 Å². The molecule has 3 nitrogen and oxygen atoms in total.